The number of carbonyl (C=O) groups is 1. The summed E-state index contributed by atoms with van der Waals surface area (Å²) >= 11 is 0. The summed E-state index contributed by atoms with van der Waals surface area (Å²) in [6.45, 7) is 2.01. The van der Waals surface area contributed by atoms with Crippen molar-refractivity contribution in [1.82, 2.24) is 20.3 Å². The quantitative estimate of drug-likeness (QED) is 0.818. The number of aromatic nitrogens is 3. The van der Waals surface area contributed by atoms with Crippen LogP contribution in [0.1, 0.15) is 21.7 Å². The zero-order valence-electron chi connectivity index (χ0n) is 9.80. The van der Waals surface area contributed by atoms with Crippen LogP contribution in [0.4, 0.5) is 0 Å². The third-order valence-corrected chi connectivity index (χ3v) is 2.38. The number of H-pyrrole nitrogens is 1. The Bertz CT molecular complexity index is 607. The lowest BCUT2D eigenvalue weighted by Crippen LogP contribution is -2.28. The molecule has 2 N–H and O–H groups in total. The third kappa shape index (κ3) is 2.79. The fourth-order valence-electron chi connectivity index (χ4n) is 1.44. The Morgan fingerprint density at radius 2 is 2.33 bits per heavy atom. The van der Waals surface area contributed by atoms with E-state index in [2.05, 4.69) is 20.3 Å². The summed E-state index contributed by atoms with van der Waals surface area (Å²) in [5, 5.41) is 2.63. The van der Waals surface area contributed by atoms with Gasteiger partial charge in [0.15, 0.2) is 5.43 Å². The molecule has 0 atom stereocenters. The highest BCUT2D eigenvalue weighted by atomic mass is 16.2. The van der Waals surface area contributed by atoms with Gasteiger partial charge in [-0.25, -0.2) is 9.97 Å². The van der Waals surface area contributed by atoms with E-state index < -0.39 is 5.91 Å². The standard InChI is InChI=1S/C12H12N4O2/c1-8-4-11(17)10(6-14-8)12(18)15-5-9-2-3-13-7-16-9/h2-4,6-7H,5H2,1H3,(H,14,17)(H,15,18). The fourth-order valence-corrected chi connectivity index (χ4v) is 1.44. The van der Waals surface area contributed by atoms with Gasteiger partial charge in [-0.1, -0.05) is 0 Å². The minimum atomic E-state index is -0.421. The van der Waals surface area contributed by atoms with Crippen LogP contribution >= 0.6 is 0 Å². The van der Waals surface area contributed by atoms with Crippen molar-refractivity contribution in [2.75, 3.05) is 0 Å². The summed E-state index contributed by atoms with van der Waals surface area (Å²) in [5.74, 6) is -0.421. The second kappa shape index (κ2) is 5.22. The van der Waals surface area contributed by atoms with Crippen LogP contribution in [0, 0.1) is 6.92 Å². The van der Waals surface area contributed by atoms with Crippen molar-refractivity contribution in [3.63, 3.8) is 0 Å². The molecule has 0 radical (unpaired) electrons. The van der Waals surface area contributed by atoms with Gasteiger partial charge in [-0.3, -0.25) is 9.59 Å². The first kappa shape index (κ1) is 12.0. The molecule has 0 saturated carbocycles. The molecule has 2 aromatic heterocycles. The molecule has 0 fully saturated rings. The molecule has 0 spiro atoms. The maximum absolute atomic E-state index is 11.8. The van der Waals surface area contributed by atoms with E-state index in [-0.39, 0.29) is 17.5 Å². The molecule has 0 aliphatic carbocycles. The Morgan fingerprint density at radius 3 is 3.00 bits per heavy atom. The van der Waals surface area contributed by atoms with Gasteiger partial charge in [-0.2, -0.15) is 0 Å². The molecule has 0 aliphatic heterocycles. The molecule has 0 bridgehead atoms. The van der Waals surface area contributed by atoms with Crippen LogP contribution in [0.3, 0.4) is 0 Å². The van der Waals surface area contributed by atoms with Gasteiger partial charge in [0.25, 0.3) is 5.91 Å². The summed E-state index contributed by atoms with van der Waals surface area (Å²) in [7, 11) is 0. The van der Waals surface area contributed by atoms with E-state index in [9.17, 15) is 9.59 Å². The highest BCUT2D eigenvalue weighted by molar-refractivity contribution is 5.93. The van der Waals surface area contributed by atoms with Gasteiger partial charge in [0, 0.05) is 24.2 Å². The lowest BCUT2D eigenvalue weighted by atomic mass is 10.2. The van der Waals surface area contributed by atoms with E-state index in [1.165, 1.54) is 18.6 Å². The van der Waals surface area contributed by atoms with Crippen LogP contribution in [0.15, 0.2) is 35.6 Å². The largest absolute Gasteiger partial charge is 0.364 e. The van der Waals surface area contributed by atoms with Crippen LogP contribution in [-0.2, 0) is 6.54 Å². The maximum atomic E-state index is 11.8. The third-order valence-electron chi connectivity index (χ3n) is 2.38. The van der Waals surface area contributed by atoms with Crippen LogP contribution in [-0.4, -0.2) is 20.9 Å². The number of carbonyl (C=O) groups excluding carboxylic acids is 1. The Labute approximate surface area is 103 Å². The highest BCUT2D eigenvalue weighted by Crippen LogP contribution is 1.94. The SMILES string of the molecule is Cc1cc(=O)c(C(=O)NCc2ccncn2)c[nH]1. The zero-order valence-corrected chi connectivity index (χ0v) is 9.80. The molecule has 0 saturated heterocycles. The average Bonchev–Trinajstić information content (AvgIpc) is 2.37. The Hall–Kier alpha value is -2.50. The summed E-state index contributed by atoms with van der Waals surface area (Å²) in [6, 6.07) is 3.08. The molecule has 2 heterocycles. The Kier molecular flexibility index (Phi) is 3.47. The van der Waals surface area contributed by atoms with Crippen LogP contribution < -0.4 is 10.7 Å². The van der Waals surface area contributed by atoms with Crippen molar-refractivity contribution in [2.45, 2.75) is 13.5 Å². The van der Waals surface area contributed by atoms with E-state index in [1.54, 1.807) is 19.2 Å². The van der Waals surface area contributed by atoms with Gasteiger partial charge < -0.3 is 10.3 Å². The lowest BCUT2D eigenvalue weighted by Gasteiger charge is -2.04. The van der Waals surface area contributed by atoms with Gasteiger partial charge >= 0.3 is 0 Å². The van der Waals surface area contributed by atoms with Crippen LogP contribution in [0.2, 0.25) is 0 Å². The van der Waals surface area contributed by atoms with Crippen molar-refractivity contribution in [3.05, 3.63) is 58.0 Å². The number of hydrogen-bond donors (Lipinski definition) is 2. The van der Waals surface area contributed by atoms with E-state index in [0.29, 0.717) is 11.4 Å². The van der Waals surface area contributed by atoms with E-state index in [4.69, 9.17) is 0 Å². The number of nitrogens with zero attached hydrogens (tertiary/aromatic N) is 2. The Morgan fingerprint density at radius 1 is 1.50 bits per heavy atom. The summed E-state index contributed by atoms with van der Waals surface area (Å²) in [5.41, 5.74) is 1.19. The molecule has 0 aromatic carbocycles. The van der Waals surface area contributed by atoms with Crippen molar-refractivity contribution in [3.8, 4) is 0 Å². The second-order valence-corrected chi connectivity index (χ2v) is 3.78. The normalized spacial score (nSPS) is 10.1. The van der Waals surface area contributed by atoms with Crippen molar-refractivity contribution < 1.29 is 4.79 Å². The van der Waals surface area contributed by atoms with Crippen LogP contribution in [0.5, 0.6) is 0 Å². The molecule has 1 amide bonds. The molecule has 6 heteroatoms. The lowest BCUT2D eigenvalue weighted by molar-refractivity contribution is 0.0949. The van der Waals surface area contributed by atoms with Gasteiger partial charge in [0.2, 0.25) is 0 Å². The topological polar surface area (TPSA) is 87.7 Å². The van der Waals surface area contributed by atoms with Crippen molar-refractivity contribution in [2.24, 2.45) is 0 Å². The molecule has 2 aromatic rings. The minimum Gasteiger partial charge on any atom is -0.364 e. The second-order valence-electron chi connectivity index (χ2n) is 3.78. The number of hydrogen-bond acceptors (Lipinski definition) is 4. The van der Waals surface area contributed by atoms with Gasteiger partial charge in [0.1, 0.15) is 11.9 Å². The van der Waals surface area contributed by atoms with E-state index >= 15 is 0 Å². The molecular weight excluding hydrogens is 232 g/mol. The molecule has 6 nitrogen and oxygen atoms in total. The predicted molar refractivity (Wildman–Crippen MR) is 65.0 cm³/mol. The minimum absolute atomic E-state index is 0.0923. The molecule has 0 unspecified atom stereocenters. The molecule has 0 aliphatic rings. The average molecular weight is 244 g/mol. The van der Waals surface area contributed by atoms with E-state index in [0.717, 1.165) is 0 Å². The van der Waals surface area contributed by atoms with E-state index in [1.807, 2.05) is 0 Å². The molecule has 18 heavy (non-hydrogen) atoms. The van der Waals surface area contributed by atoms with Crippen molar-refractivity contribution >= 4 is 5.91 Å². The monoisotopic (exact) mass is 244 g/mol. The number of aryl methyl sites for hydroxylation is 1. The molecule has 92 valence electrons. The van der Waals surface area contributed by atoms with Crippen molar-refractivity contribution in [1.29, 1.82) is 0 Å². The maximum Gasteiger partial charge on any atom is 0.257 e. The van der Waals surface area contributed by atoms with Crippen LogP contribution in [0.25, 0.3) is 0 Å². The first-order valence-corrected chi connectivity index (χ1v) is 5.39. The number of pyridine rings is 1. The first-order valence-electron chi connectivity index (χ1n) is 5.39. The summed E-state index contributed by atoms with van der Waals surface area (Å²) in [6.07, 6.45) is 4.40. The fraction of sp³-hybridized carbons (Fsp3) is 0.167. The molecular formula is C12H12N4O2. The van der Waals surface area contributed by atoms with Gasteiger partial charge in [-0.15, -0.1) is 0 Å². The number of aromatic amines is 1. The summed E-state index contributed by atoms with van der Waals surface area (Å²) < 4.78 is 0. The highest BCUT2D eigenvalue weighted by Gasteiger charge is 2.09. The Balaban J connectivity index is 2.06. The van der Waals surface area contributed by atoms with Gasteiger partial charge in [-0.05, 0) is 13.0 Å². The first-order chi connectivity index (χ1) is 8.66. The zero-order chi connectivity index (χ0) is 13.0. The number of rotatable bonds is 3. The number of nitrogens with one attached hydrogen (secondary N) is 2. The summed E-state index contributed by atoms with van der Waals surface area (Å²) in [4.78, 5) is 33.9. The molecule has 2 rings (SSSR count). The van der Waals surface area contributed by atoms with Gasteiger partial charge in [0.05, 0.1) is 12.2 Å². The smallest absolute Gasteiger partial charge is 0.257 e. The number of amides is 1. The predicted octanol–water partition coefficient (Wildman–Crippen LogP) is 0.403.